The van der Waals surface area contributed by atoms with Crippen LogP contribution in [0.5, 0.6) is 5.75 Å². The molecule has 1 aliphatic rings. The summed E-state index contributed by atoms with van der Waals surface area (Å²) in [6.07, 6.45) is 5.07. The lowest BCUT2D eigenvalue weighted by Crippen LogP contribution is -2.27. The Balaban J connectivity index is 1.84. The minimum atomic E-state index is 0.380. The summed E-state index contributed by atoms with van der Waals surface area (Å²) in [6.45, 7) is 8.90. The smallest absolute Gasteiger partial charge is 0.123 e. The van der Waals surface area contributed by atoms with E-state index in [9.17, 15) is 0 Å². The molecule has 106 valence electrons. The van der Waals surface area contributed by atoms with E-state index in [4.69, 9.17) is 4.74 Å². The Morgan fingerprint density at radius 3 is 2.95 bits per heavy atom. The highest BCUT2D eigenvalue weighted by atomic mass is 16.5. The van der Waals surface area contributed by atoms with Gasteiger partial charge in [-0.2, -0.15) is 0 Å². The van der Waals surface area contributed by atoms with E-state index < -0.39 is 0 Å². The Morgan fingerprint density at radius 2 is 2.21 bits per heavy atom. The summed E-state index contributed by atoms with van der Waals surface area (Å²) in [5.74, 6) is 1.83. The Labute approximate surface area is 117 Å². The van der Waals surface area contributed by atoms with Crippen LogP contribution < -0.4 is 10.1 Å². The maximum atomic E-state index is 6.07. The first-order chi connectivity index (χ1) is 9.22. The second-order valence-corrected chi connectivity index (χ2v) is 5.77. The van der Waals surface area contributed by atoms with Crippen molar-refractivity contribution in [2.45, 2.75) is 52.6 Å². The first-order valence-corrected chi connectivity index (χ1v) is 7.69. The van der Waals surface area contributed by atoms with E-state index in [0.717, 1.165) is 31.2 Å². The quantitative estimate of drug-likeness (QED) is 0.755. The van der Waals surface area contributed by atoms with E-state index in [1.165, 1.54) is 30.4 Å². The van der Waals surface area contributed by atoms with Gasteiger partial charge in [-0.05, 0) is 50.4 Å². The van der Waals surface area contributed by atoms with Crippen molar-refractivity contribution >= 4 is 0 Å². The second-order valence-electron chi connectivity index (χ2n) is 5.77. The van der Waals surface area contributed by atoms with Gasteiger partial charge in [0.25, 0.3) is 0 Å². The second kappa shape index (κ2) is 6.95. The summed E-state index contributed by atoms with van der Waals surface area (Å²) in [5, 5.41) is 3.53. The van der Waals surface area contributed by atoms with E-state index in [1.54, 1.807) is 0 Å². The summed E-state index contributed by atoms with van der Waals surface area (Å²) < 4.78 is 6.07. The Morgan fingerprint density at radius 1 is 1.37 bits per heavy atom. The number of fused-ring (bicyclic) bond motifs is 1. The number of hydrogen-bond donors (Lipinski definition) is 1. The lowest BCUT2D eigenvalue weighted by molar-refractivity contribution is 0.190. The van der Waals surface area contributed by atoms with Crippen molar-refractivity contribution in [1.82, 2.24) is 5.32 Å². The lowest BCUT2D eigenvalue weighted by Gasteiger charge is -2.19. The highest BCUT2D eigenvalue weighted by Gasteiger charge is 2.25. The van der Waals surface area contributed by atoms with Gasteiger partial charge in [0.05, 0.1) is 0 Å². The molecule has 0 saturated heterocycles. The molecule has 1 aromatic rings. The molecule has 1 heterocycles. The van der Waals surface area contributed by atoms with Crippen molar-refractivity contribution in [3.05, 3.63) is 29.3 Å². The topological polar surface area (TPSA) is 21.3 Å². The van der Waals surface area contributed by atoms with Gasteiger partial charge in [0.15, 0.2) is 0 Å². The standard InChI is InChI=1S/C17H27NO/c1-4-8-18-12-14(5-2)10-16-11-15-9-13(3)6-7-17(15)19-16/h6-7,9,14,16,18H,4-5,8,10-12H2,1-3H3. The molecule has 2 heteroatoms. The molecule has 0 aliphatic carbocycles. The van der Waals surface area contributed by atoms with Crippen LogP contribution in [0.1, 0.15) is 44.2 Å². The highest BCUT2D eigenvalue weighted by molar-refractivity contribution is 5.40. The fourth-order valence-corrected chi connectivity index (χ4v) is 2.83. The molecular weight excluding hydrogens is 234 g/mol. The van der Waals surface area contributed by atoms with Crippen LogP contribution in [0.2, 0.25) is 0 Å². The number of benzene rings is 1. The molecule has 1 aromatic carbocycles. The van der Waals surface area contributed by atoms with Crippen molar-refractivity contribution < 1.29 is 4.74 Å². The Hall–Kier alpha value is -1.02. The number of rotatable bonds is 7. The summed E-state index contributed by atoms with van der Waals surface area (Å²) in [6, 6.07) is 6.54. The maximum absolute atomic E-state index is 6.07. The monoisotopic (exact) mass is 261 g/mol. The SMILES string of the molecule is CCCNCC(CC)CC1Cc2cc(C)ccc2O1. The molecule has 0 saturated carbocycles. The molecule has 1 aliphatic heterocycles. The van der Waals surface area contributed by atoms with Gasteiger partial charge in [-0.15, -0.1) is 0 Å². The largest absolute Gasteiger partial charge is 0.490 e. The zero-order valence-electron chi connectivity index (χ0n) is 12.5. The minimum Gasteiger partial charge on any atom is -0.490 e. The molecule has 0 fully saturated rings. The van der Waals surface area contributed by atoms with Crippen molar-refractivity contribution in [3.63, 3.8) is 0 Å². The van der Waals surface area contributed by atoms with Gasteiger partial charge in [-0.3, -0.25) is 0 Å². The minimum absolute atomic E-state index is 0.380. The van der Waals surface area contributed by atoms with Crippen LogP contribution >= 0.6 is 0 Å². The number of hydrogen-bond acceptors (Lipinski definition) is 2. The van der Waals surface area contributed by atoms with Crippen molar-refractivity contribution in [1.29, 1.82) is 0 Å². The van der Waals surface area contributed by atoms with Crippen LogP contribution in [0, 0.1) is 12.8 Å². The summed E-state index contributed by atoms with van der Waals surface area (Å²) >= 11 is 0. The first-order valence-electron chi connectivity index (χ1n) is 7.69. The predicted molar refractivity (Wildman–Crippen MR) is 80.9 cm³/mol. The molecule has 2 unspecified atom stereocenters. The molecule has 2 atom stereocenters. The normalized spacial score (nSPS) is 19.0. The van der Waals surface area contributed by atoms with Crippen LogP contribution in [-0.2, 0) is 6.42 Å². The summed E-state index contributed by atoms with van der Waals surface area (Å²) in [4.78, 5) is 0. The van der Waals surface area contributed by atoms with Crippen LogP contribution in [0.25, 0.3) is 0 Å². The van der Waals surface area contributed by atoms with E-state index in [0.29, 0.717) is 6.10 Å². The summed E-state index contributed by atoms with van der Waals surface area (Å²) in [7, 11) is 0. The van der Waals surface area contributed by atoms with Crippen LogP contribution in [-0.4, -0.2) is 19.2 Å². The van der Waals surface area contributed by atoms with Gasteiger partial charge in [0.2, 0.25) is 0 Å². The average Bonchev–Trinajstić information content (AvgIpc) is 2.79. The molecule has 0 aromatic heterocycles. The van der Waals surface area contributed by atoms with Crippen molar-refractivity contribution in [2.24, 2.45) is 5.92 Å². The van der Waals surface area contributed by atoms with E-state index in [-0.39, 0.29) is 0 Å². The molecular formula is C17H27NO. The highest BCUT2D eigenvalue weighted by Crippen LogP contribution is 2.32. The van der Waals surface area contributed by atoms with E-state index in [2.05, 4.69) is 44.3 Å². The Kier molecular flexibility index (Phi) is 5.26. The number of ether oxygens (including phenoxy) is 1. The van der Waals surface area contributed by atoms with Gasteiger partial charge in [0.1, 0.15) is 11.9 Å². The molecule has 2 nitrogen and oxygen atoms in total. The van der Waals surface area contributed by atoms with E-state index in [1.807, 2.05) is 0 Å². The van der Waals surface area contributed by atoms with Crippen LogP contribution in [0.4, 0.5) is 0 Å². The van der Waals surface area contributed by atoms with E-state index >= 15 is 0 Å². The first kappa shape index (κ1) is 14.4. The zero-order valence-corrected chi connectivity index (χ0v) is 12.5. The summed E-state index contributed by atoms with van der Waals surface area (Å²) in [5.41, 5.74) is 2.72. The Bertz CT molecular complexity index is 402. The molecule has 0 radical (unpaired) electrons. The molecule has 19 heavy (non-hydrogen) atoms. The fraction of sp³-hybridized carbons (Fsp3) is 0.647. The number of aryl methyl sites for hydroxylation is 1. The maximum Gasteiger partial charge on any atom is 0.123 e. The van der Waals surface area contributed by atoms with Crippen molar-refractivity contribution in [3.8, 4) is 5.75 Å². The van der Waals surface area contributed by atoms with Crippen LogP contribution in [0.3, 0.4) is 0 Å². The molecule has 0 spiro atoms. The molecule has 2 rings (SSSR count). The van der Waals surface area contributed by atoms with Gasteiger partial charge in [0, 0.05) is 6.42 Å². The van der Waals surface area contributed by atoms with Crippen molar-refractivity contribution in [2.75, 3.05) is 13.1 Å². The average molecular weight is 261 g/mol. The van der Waals surface area contributed by atoms with Crippen LogP contribution in [0.15, 0.2) is 18.2 Å². The van der Waals surface area contributed by atoms with Gasteiger partial charge in [-0.25, -0.2) is 0 Å². The molecule has 0 bridgehead atoms. The lowest BCUT2D eigenvalue weighted by atomic mass is 9.96. The van der Waals surface area contributed by atoms with Gasteiger partial charge in [-0.1, -0.05) is 38.0 Å². The van der Waals surface area contributed by atoms with Gasteiger partial charge >= 0.3 is 0 Å². The predicted octanol–water partition coefficient (Wildman–Crippen LogP) is 3.71. The number of nitrogens with one attached hydrogen (secondary N) is 1. The molecule has 1 N–H and O–H groups in total. The third-order valence-electron chi connectivity index (χ3n) is 3.99. The zero-order chi connectivity index (χ0) is 13.7. The molecule has 0 amide bonds. The van der Waals surface area contributed by atoms with Gasteiger partial charge < -0.3 is 10.1 Å². The fourth-order valence-electron chi connectivity index (χ4n) is 2.83. The third kappa shape index (κ3) is 3.97. The third-order valence-corrected chi connectivity index (χ3v) is 3.99.